The van der Waals surface area contributed by atoms with E-state index < -0.39 is 6.04 Å². The average molecular weight is 507 g/mol. The SMILES string of the molecule is CC(=O)c1ccc(CC(=O)[C@H](C[C@@H]2CCCN2)NC(=O)/C=C/c2cc(Cl)ccc2-n2cnnn2)cc1. The molecule has 2 atom stereocenters. The van der Waals surface area contributed by atoms with Gasteiger partial charge in [-0.15, -0.1) is 5.10 Å². The van der Waals surface area contributed by atoms with Crippen LogP contribution in [-0.4, -0.2) is 56.3 Å². The molecular formula is C26H27ClN6O3. The van der Waals surface area contributed by atoms with Crippen LogP contribution in [0.5, 0.6) is 0 Å². The van der Waals surface area contributed by atoms with Gasteiger partial charge < -0.3 is 10.6 Å². The normalized spacial score (nSPS) is 16.2. The molecule has 9 nitrogen and oxygen atoms in total. The van der Waals surface area contributed by atoms with Crippen molar-refractivity contribution < 1.29 is 14.4 Å². The molecule has 1 fully saturated rings. The lowest BCUT2D eigenvalue weighted by Gasteiger charge is -2.21. The van der Waals surface area contributed by atoms with E-state index >= 15 is 0 Å². The van der Waals surface area contributed by atoms with E-state index in [0.717, 1.165) is 24.9 Å². The molecule has 3 aromatic rings. The number of benzene rings is 2. The van der Waals surface area contributed by atoms with Crippen molar-refractivity contribution >= 4 is 35.2 Å². The van der Waals surface area contributed by atoms with Crippen LogP contribution in [0, 0.1) is 0 Å². The van der Waals surface area contributed by atoms with Gasteiger partial charge in [-0.2, -0.15) is 4.68 Å². The van der Waals surface area contributed by atoms with Gasteiger partial charge in [0.1, 0.15) is 6.33 Å². The van der Waals surface area contributed by atoms with Crippen molar-refractivity contribution in [3.8, 4) is 5.69 Å². The molecule has 0 bridgehead atoms. The largest absolute Gasteiger partial charge is 0.343 e. The number of amides is 1. The molecule has 186 valence electrons. The molecule has 1 saturated heterocycles. The van der Waals surface area contributed by atoms with Gasteiger partial charge in [0.05, 0.1) is 11.7 Å². The van der Waals surface area contributed by atoms with Gasteiger partial charge in [-0.1, -0.05) is 35.9 Å². The summed E-state index contributed by atoms with van der Waals surface area (Å²) in [4.78, 5) is 37.6. The summed E-state index contributed by atoms with van der Waals surface area (Å²) >= 11 is 6.15. The summed E-state index contributed by atoms with van der Waals surface area (Å²) in [6.45, 7) is 2.41. The van der Waals surface area contributed by atoms with E-state index in [9.17, 15) is 14.4 Å². The van der Waals surface area contributed by atoms with Gasteiger partial charge in [0, 0.05) is 34.7 Å². The van der Waals surface area contributed by atoms with Crippen LogP contribution < -0.4 is 10.6 Å². The van der Waals surface area contributed by atoms with E-state index in [1.807, 2.05) is 0 Å². The van der Waals surface area contributed by atoms with Gasteiger partial charge in [0.25, 0.3) is 0 Å². The van der Waals surface area contributed by atoms with Crippen molar-refractivity contribution in [2.24, 2.45) is 0 Å². The lowest BCUT2D eigenvalue weighted by Crippen LogP contribution is -2.44. The number of carbonyl (C=O) groups is 3. The van der Waals surface area contributed by atoms with Crippen LogP contribution in [0.4, 0.5) is 0 Å². The van der Waals surface area contributed by atoms with Gasteiger partial charge >= 0.3 is 0 Å². The molecule has 0 aliphatic carbocycles. The second-order valence-electron chi connectivity index (χ2n) is 8.78. The van der Waals surface area contributed by atoms with Crippen LogP contribution in [0.15, 0.2) is 54.9 Å². The minimum Gasteiger partial charge on any atom is -0.343 e. The summed E-state index contributed by atoms with van der Waals surface area (Å²) < 4.78 is 1.48. The second kappa shape index (κ2) is 11.8. The monoisotopic (exact) mass is 506 g/mol. The zero-order chi connectivity index (χ0) is 25.5. The number of rotatable bonds is 10. The minimum absolute atomic E-state index is 0.0277. The molecule has 2 heterocycles. The molecule has 0 radical (unpaired) electrons. The van der Waals surface area contributed by atoms with Crippen molar-refractivity contribution in [1.82, 2.24) is 30.8 Å². The van der Waals surface area contributed by atoms with Crippen molar-refractivity contribution in [2.45, 2.75) is 44.7 Å². The molecule has 2 N–H and O–H groups in total. The predicted octanol–water partition coefficient (Wildman–Crippen LogP) is 2.97. The van der Waals surface area contributed by atoms with Gasteiger partial charge in [-0.3, -0.25) is 14.4 Å². The van der Waals surface area contributed by atoms with Crippen LogP contribution in [0.2, 0.25) is 5.02 Å². The highest BCUT2D eigenvalue weighted by atomic mass is 35.5. The van der Waals surface area contributed by atoms with Gasteiger partial charge in [-0.05, 0) is 73.0 Å². The van der Waals surface area contributed by atoms with Gasteiger partial charge in [0.2, 0.25) is 5.91 Å². The fourth-order valence-corrected chi connectivity index (χ4v) is 4.40. The molecule has 1 aliphatic heterocycles. The number of hydrogen-bond donors (Lipinski definition) is 2. The van der Waals surface area contributed by atoms with Crippen molar-refractivity contribution in [3.63, 3.8) is 0 Å². The Morgan fingerprint density at radius 3 is 2.69 bits per heavy atom. The number of nitrogens with one attached hydrogen (secondary N) is 2. The molecule has 1 aromatic heterocycles. The van der Waals surface area contributed by atoms with E-state index in [1.54, 1.807) is 48.5 Å². The Bertz CT molecular complexity index is 1250. The molecule has 4 rings (SSSR count). The maximum absolute atomic E-state index is 13.2. The smallest absolute Gasteiger partial charge is 0.244 e. The van der Waals surface area contributed by atoms with Crippen LogP contribution in [0.25, 0.3) is 11.8 Å². The Morgan fingerprint density at radius 2 is 2.03 bits per heavy atom. The first-order chi connectivity index (χ1) is 17.4. The number of aromatic nitrogens is 4. The van der Waals surface area contributed by atoms with E-state index in [0.29, 0.717) is 28.3 Å². The maximum Gasteiger partial charge on any atom is 0.244 e. The summed E-state index contributed by atoms with van der Waals surface area (Å²) in [5.41, 5.74) is 2.70. The molecule has 0 unspecified atom stereocenters. The third-order valence-corrected chi connectivity index (χ3v) is 6.36. The van der Waals surface area contributed by atoms with E-state index in [-0.39, 0.29) is 29.9 Å². The zero-order valence-corrected chi connectivity index (χ0v) is 20.6. The standard InChI is InChI=1S/C26H27ClN6O3/c1-17(34)19-6-4-18(5-7-19)13-25(35)23(15-22-3-2-12-28-22)30-26(36)11-8-20-14-21(27)9-10-24(20)33-16-29-31-32-33/h4-11,14,16,22-23,28H,2-3,12-13,15H2,1H3,(H,30,36)/b11-8+/t22-,23-/m0/s1. The first kappa shape index (κ1) is 25.4. The van der Waals surface area contributed by atoms with E-state index in [1.165, 1.54) is 24.0 Å². The Morgan fingerprint density at radius 1 is 1.22 bits per heavy atom. The first-order valence-corrected chi connectivity index (χ1v) is 12.1. The predicted molar refractivity (Wildman–Crippen MR) is 136 cm³/mol. The number of Topliss-reactive ketones (excluding diaryl/α,β-unsaturated/α-hetero) is 2. The second-order valence-corrected chi connectivity index (χ2v) is 9.21. The van der Waals surface area contributed by atoms with Crippen molar-refractivity contribution in [1.29, 1.82) is 0 Å². The molecule has 10 heteroatoms. The number of halogens is 1. The van der Waals surface area contributed by atoms with Crippen LogP contribution in [0.1, 0.15) is 47.7 Å². The fourth-order valence-electron chi connectivity index (χ4n) is 4.22. The van der Waals surface area contributed by atoms with Gasteiger partial charge in [-0.25, -0.2) is 0 Å². The lowest BCUT2D eigenvalue weighted by molar-refractivity contribution is -0.125. The quantitative estimate of drug-likeness (QED) is 0.320. The summed E-state index contributed by atoms with van der Waals surface area (Å²) in [7, 11) is 0. The Hall–Kier alpha value is -3.69. The number of tetrazole rings is 1. The number of ketones is 2. The third-order valence-electron chi connectivity index (χ3n) is 6.13. The highest BCUT2D eigenvalue weighted by Crippen LogP contribution is 2.20. The van der Waals surface area contributed by atoms with Crippen LogP contribution >= 0.6 is 11.6 Å². The molecule has 2 aromatic carbocycles. The zero-order valence-electron chi connectivity index (χ0n) is 19.9. The molecule has 0 saturated carbocycles. The summed E-state index contributed by atoms with van der Waals surface area (Å²) in [6, 6.07) is 11.7. The summed E-state index contributed by atoms with van der Waals surface area (Å²) in [6.07, 6.45) is 7.13. The van der Waals surface area contributed by atoms with E-state index in [2.05, 4.69) is 26.2 Å². The summed E-state index contributed by atoms with van der Waals surface area (Å²) in [5, 5.41) is 18.0. The fraction of sp³-hybridized carbons (Fsp3) is 0.308. The molecule has 1 amide bonds. The number of nitrogens with zero attached hydrogens (tertiary/aromatic N) is 4. The first-order valence-electron chi connectivity index (χ1n) is 11.8. The van der Waals surface area contributed by atoms with E-state index in [4.69, 9.17) is 11.6 Å². The topological polar surface area (TPSA) is 119 Å². The van der Waals surface area contributed by atoms with Crippen LogP contribution in [0.3, 0.4) is 0 Å². The van der Waals surface area contributed by atoms with Gasteiger partial charge in [0.15, 0.2) is 11.6 Å². The number of hydrogen-bond acceptors (Lipinski definition) is 7. The highest BCUT2D eigenvalue weighted by molar-refractivity contribution is 6.30. The molecule has 36 heavy (non-hydrogen) atoms. The Balaban J connectivity index is 1.47. The average Bonchev–Trinajstić information content (AvgIpc) is 3.57. The molecule has 1 aliphatic rings. The van der Waals surface area contributed by atoms with Crippen molar-refractivity contribution in [3.05, 3.63) is 76.6 Å². The lowest BCUT2D eigenvalue weighted by atomic mass is 9.96. The molecular weight excluding hydrogens is 480 g/mol. The minimum atomic E-state index is -0.649. The Labute approximate surface area is 213 Å². The van der Waals surface area contributed by atoms with Crippen molar-refractivity contribution in [2.75, 3.05) is 6.54 Å². The van der Waals surface area contributed by atoms with Crippen LogP contribution in [-0.2, 0) is 16.0 Å². The Kier molecular flexibility index (Phi) is 8.35. The third kappa shape index (κ3) is 6.71. The summed E-state index contributed by atoms with van der Waals surface area (Å²) in [5.74, 6) is -0.501. The maximum atomic E-state index is 13.2. The molecule has 0 spiro atoms. The highest BCUT2D eigenvalue weighted by Gasteiger charge is 2.26. The number of carbonyl (C=O) groups excluding carboxylic acids is 3.